The van der Waals surface area contributed by atoms with Crippen LogP contribution in [0.25, 0.3) is 11.1 Å². The lowest BCUT2D eigenvalue weighted by molar-refractivity contribution is 0.366. The summed E-state index contributed by atoms with van der Waals surface area (Å²) in [6, 6.07) is 8.57. The standard InChI is InChI=1S/C10H8S2.2BF4/c1-5-11-6-2-9(1)10-3-7-12-8-4-10;2*2-1(3,4)5/h1-8H;;/q+2;2*-1. The van der Waals surface area contributed by atoms with E-state index in [1.807, 2.05) is 0 Å². The lowest BCUT2D eigenvalue weighted by Crippen LogP contribution is -2.02. The highest BCUT2D eigenvalue weighted by Crippen LogP contribution is 2.19. The van der Waals surface area contributed by atoms with Crippen molar-refractivity contribution in [1.29, 1.82) is 0 Å². The third kappa shape index (κ3) is 16.8. The summed E-state index contributed by atoms with van der Waals surface area (Å²) >= 11 is 3.43. The number of halogens is 8. The second kappa shape index (κ2) is 9.67. The summed E-state index contributed by atoms with van der Waals surface area (Å²) in [7, 11) is -12.0. The van der Waals surface area contributed by atoms with Crippen LogP contribution in [0.15, 0.2) is 45.8 Å². The Labute approximate surface area is 129 Å². The monoisotopic (exact) mass is 366 g/mol. The van der Waals surface area contributed by atoms with E-state index in [4.69, 9.17) is 0 Å². The van der Waals surface area contributed by atoms with E-state index < -0.39 is 14.5 Å². The zero-order valence-electron chi connectivity index (χ0n) is 10.6. The van der Waals surface area contributed by atoms with E-state index in [1.54, 1.807) is 22.7 Å². The van der Waals surface area contributed by atoms with Crippen molar-refractivity contribution in [1.82, 2.24) is 0 Å². The van der Waals surface area contributed by atoms with Crippen molar-refractivity contribution in [2.24, 2.45) is 0 Å². The van der Waals surface area contributed by atoms with Crippen LogP contribution in [0.5, 0.6) is 0 Å². The van der Waals surface area contributed by atoms with Gasteiger partial charge in [0.2, 0.25) is 22.7 Å². The predicted molar refractivity (Wildman–Crippen MR) is 76.8 cm³/mol. The Balaban J connectivity index is 0.000000372. The van der Waals surface area contributed by atoms with Gasteiger partial charge in [0.05, 0.1) is 0 Å². The zero-order chi connectivity index (χ0) is 17.2. The molecule has 0 fully saturated rings. The van der Waals surface area contributed by atoms with Crippen LogP contribution in [0.1, 0.15) is 0 Å². The van der Waals surface area contributed by atoms with Crippen molar-refractivity contribution in [3.05, 3.63) is 45.8 Å². The van der Waals surface area contributed by atoms with Crippen molar-refractivity contribution in [2.45, 2.75) is 0 Å². The van der Waals surface area contributed by atoms with Crippen LogP contribution in [0.4, 0.5) is 34.5 Å². The van der Waals surface area contributed by atoms with Crippen LogP contribution in [-0.2, 0) is 0 Å². The van der Waals surface area contributed by atoms with Gasteiger partial charge in [0.25, 0.3) is 0 Å². The Kier molecular flexibility index (Phi) is 9.10. The minimum atomic E-state index is -6.00. The van der Waals surface area contributed by atoms with E-state index in [-0.39, 0.29) is 0 Å². The molecule has 2 heterocycles. The van der Waals surface area contributed by atoms with Gasteiger partial charge in [-0.05, 0) is 11.1 Å². The van der Waals surface area contributed by atoms with Crippen LogP contribution in [0.3, 0.4) is 0 Å². The van der Waals surface area contributed by atoms with Gasteiger partial charge in [-0.15, -0.1) is 0 Å². The highest BCUT2D eigenvalue weighted by molar-refractivity contribution is 7.07. The van der Waals surface area contributed by atoms with E-state index in [2.05, 4.69) is 45.8 Å². The second-order valence-electron chi connectivity index (χ2n) is 3.38. The average molecular weight is 366 g/mol. The third-order valence-electron chi connectivity index (χ3n) is 1.64. The topological polar surface area (TPSA) is 0 Å². The van der Waals surface area contributed by atoms with Crippen molar-refractivity contribution in [2.75, 3.05) is 0 Å². The minimum Gasteiger partial charge on any atom is -0.418 e. The molecule has 22 heavy (non-hydrogen) atoms. The van der Waals surface area contributed by atoms with Gasteiger partial charge in [-0.2, -0.15) is 0 Å². The van der Waals surface area contributed by atoms with E-state index in [9.17, 15) is 34.5 Å². The lowest BCUT2D eigenvalue weighted by Gasteiger charge is -1.94. The zero-order valence-corrected chi connectivity index (χ0v) is 12.2. The van der Waals surface area contributed by atoms with Gasteiger partial charge in [-0.1, -0.05) is 0 Å². The molecule has 0 aromatic carbocycles. The fourth-order valence-electron chi connectivity index (χ4n) is 1.04. The minimum absolute atomic E-state index is 1.29. The van der Waals surface area contributed by atoms with E-state index in [0.29, 0.717) is 0 Å². The molecule has 0 spiro atoms. The summed E-state index contributed by atoms with van der Waals surface area (Å²) in [5.41, 5.74) is 2.59. The maximum atomic E-state index is 9.75. The summed E-state index contributed by atoms with van der Waals surface area (Å²) in [4.78, 5) is 0. The molecule has 2 aromatic heterocycles. The Morgan fingerprint density at radius 3 is 0.864 bits per heavy atom. The largest absolute Gasteiger partial charge is 0.673 e. The molecule has 0 N–H and O–H groups in total. The molecular weight excluding hydrogens is 358 g/mol. The molecule has 0 saturated carbocycles. The first-order valence-corrected chi connectivity index (χ1v) is 7.31. The Morgan fingerprint density at radius 1 is 0.500 bits per heavy atom. The summed E-state index contributed by atoms with van der Waals surface area (Å²) in [5, 5.41) is 8.41. The first-order valence-electron chi connectivity index (χ1n) is 5.43. The maximum Gasteiger partial charge on any atom is 0.673 e. The molecule has 0 aliphatic heterocycles. The van der Waals surface area contributed by atoms with Crippen LogP contribution < -0.4 is 0 Å². The van der Waals surface area contributed by atoms with Crippen LogP contribution in [0, 0.1) is 0 Å². The van der Waals surface area contributed by atoms with Crippen LogP contribution in [0.2, 0.25) is 0 Å². The molecule has 0 unspecified atom stereocenters. The summed E-state index contributed by atoms with van der Waals surface area (Å²) in [6.45, 7) is 0. The molecule has 0 radical (unpaired) electrons. The molecule has 0 bridgehead atoms. The predicted octanol–water partition coefficient (Wildman–Crippen LogP) is 6.64. The van der Waals surface area contributed by atoms with Gasteiger partial charge in [0, 0.05) is 24.3 Å². The molecule has 0 amide bonds. The molecular formula is C10H8B2F8S2. The summed E-state index contributed by atoms with van der Waals surface area (Å²) < 4.78 is 78.0. The summed E-state index contributed by atoms with van der Waals surface area (Å²) in [6.07, 6.45) is 0. The first kappa shape index (κ1) is 20.7. The van der Waals surface area contributed by atoms with Crippen molar-refractivity contribution in [3.8, 4) is 11.1 Å². The second-order valence-corrected chi connectivity index (χ2v) is 5.02. The molecule has 2 aromatic rings. The molecule has 2 rings (SSSR count). The fourth-order valence-corrected chi connectivity index (χ4v) is 2.12. The van der Waals surface area contributed by atoms with Crippen molar-refractivity contribution >= 4 is 37.2 Å². The van der Waals surface area contributed by atoms with Gasteiger partial charge in [-0.3, -0.25) is 0 Å². The maximum absolute atomic E-state index is 9.75. The van der Waals surface area contributed by atoms with E-state index >= 15 is 0 Å². The van der Waals surface area contributed by atoms with Gasteiger partial charge in [0.15, 0.2) is 21.5 Å². The fraction of sp³-hybridized carbons (Fsp3) is 0. The SMILES string of the molecule is F[B-](F)(F)F.F[B-](F)(F)F.c1cc(-c2cc[s+]cc2)cc[s+]1. The van der Waals surface area contributed by atoms with Gasteiger partial charge in [-0.25, -0.2) is 0 Å². The highest BCUT2D eigenvalue weighted by atomic mass is 32.1. The average Bonchev–Trinajstić information content (AvgIpc) is 2.37. The van der Waals surface area contributed by atoms with Crippen molar-refractivity contribution < 1.29 is 34.5 Å². The Morgan fingerprint density at radius 2 is 0.682 bits per heavy atom. The van der Waals surface area contributed by atoms with Crippen LogP contribution >= 0.6 is 22.7 Å². The molecule has 0 nitrogen and oxygen atoms in total. The molecule has 12 heteroatoms. The van der Waals surface area contributed by atoms with E-state index in [1.165, 1.54) is 11.1 Å². The molecule has 0 aliphatic carbocycles. The van der Waals surface area contributed by atoms with Crippen LogP contribution in [-0.4, -0.2) is 14.5 Å². The Hall–Kier alpha value is -1.29. The number of rotatable bonds is 1. The molecule has 0 saturated heterocycles. The summed E-state index contributed by atoms with van der Waals surface area (Å²) in [5.74, 6) is 0. The molecule has 122 valence electrons. The molecule has 0 atom stereocenters. The normalized spacial score (nSPS) is 10.7. The van der Waals surface area contributed by atoms with Crippen molar-refractivity contribution in [3.63, 3.8) is 0 Å². The van der Waals surface area contributed by atoms with Gasteiger partial charge < -0.3 is 34.5 Å². The first-order chi connectivity index (χ1) is 9.97. The number of hydrogen-bond donors (Lipinski definition) is 0. The highest BCUT2D eigenvalue weighted by Gasteiger charge is 2.21. The smallest absolute Gasteiger partial charge is 0.418 e. The lowest BCUT2D eigenvalue weighted by atomic mass is 10.1. The quantitative estimate of drug-likeness (QED) is 0.302. The van der Waals surface area contributed by atoms with Gasteiger partial charge >= 0.3 is 14.5 Å². The molecule has 0 aliphatic rings. The number of hydrogen-bond acceptors (Lipinski definition) is 0. The van der Waals surface area contributed by atoms with E-state index in [0.717, 1.165) is 0 Å². The third-order valence-corrected chi connectivity index (χ3v) is 2.81. The van der Waals surface area contributed by atoms with Gasteiger partial charge in [0.1, 0.15) is 0 Å². The Bertz CT molecular complexity index is 456.